The van der Waals surface area contributed by atoms with Gasteiger partial charge in [-0.25, -0.2) is 8.42 Å². The number of nitrogens with zero attached hydrogens (tertiary/aromatic N) is 1. The predicted molar refractivity (Wildman–Crippen MR) is 77.4 cm³/mol. The van der Waals surface area contributed by atoms with Gasteiger partial charge in [0.1, 0.15) is 6.04 Å². The normalized spacial score (nSPS) is 13.2. The van der Waals surface area contributed by atoms with E-state index in [0.717, 1.165) is 5.69 Å². The highest BCUT2D eigenvalue weighted by Crippen LogP contribution is 2.18. The first-order valence-corrected chi connectivity index (χ1v) is 7.66. The second kappa shape index (κ2) is 6.23. The summed E-state index contributed by atoms with van der Waals surface area (Å²) in [6, 6.07) is 5.18. The quantitative estimate of drug-likeness (QED) is 0.822. The number of rotatable bonds is 6. The summed E-state index contributed by atoms with van der Waals surface area (Å²) in [5.74, 6) is -1.54. The van der Waals surface area contributed by atoms with Crippen LogP contribution in [0.3, 0.4) is 0 Å². The van der Waals surface area contributed by atoms with Gasteiger partial charge in [0, 0.05) is 19.8 Å². The lowest BCUT2D eigenvalue weighted by Crippen LogP contribution is -2.44. The van der Waals surface area contributed by atoms with Crippen LogP contribution >= 0.6 is 0 Å². The molecule has 6 nitrogen and oxygen atoms in total. The van der Waals surface area contributed by atoms with Gasteiger partial charge in [-0.2, -0.15) is 4.72 Å². The highest BCUT2D eigenvalue weighted by atomic mass is 32.2. The highest BCUT2D eigenvalue weighted by Gasteiger charge is 2.28. The van der Waals surface area contributed by atoms with Crippen molar-refractivity contribution in [3.05, 3.63) is 24.3 Å². The third-order valence-corrected chi connectivity index (χ3v) is 4.30. The average molecular weight is 300 g/mol. The molecule has 1 atom stereocenters. The number of sulfonamides is 1. The number of aliphatic carboxylic acids is 1. The van der Waals surface area contributed by atoms with Crippen molar-refractivity contribution in [2.45, 2.75) is 24.8 Å². The zero-order valence-electron chi connectivity index (χ0n) is 12.0. The first-order valence-electron chi connectivity index (χ1n) is 6.17. The lowest BCUT2D eigenvalue weighted by molar-refractivity contribution is -0.140. The Morgan fingerprint density at radius 1 is 1.30 bits per heavy atom. The second-order valence-electron chi connectivity index (χ2n) is 5.07. The van der Waals surface area contributed by atoms with Crippen LogP contribution in [0.2, 0.25) is 0 Å². The van der Waals surface area contributed by atoms with Crippen LogP contribution in [0.1, 0.15) is 13.8 Å². The minimum atomic E-state index is -3.86. The number of anilines is 1. The van der Waals surface area contributed by atoms with Crippen molar-refractivity contribution in [2.75, 3.05) is 19.0 Å². The maximum atomic E-state index is 12.2. The molecule has 112 valence electrons. The summed E-state index contributed by atoms with van der Waals surface area (Å²) in [4.78, 5) is 12.9. The molecule has 2 N–H and O–H groups in total. The summed E-state index contributed by atoms with van der Waals surface area (Å²) in [5.41, 5.74) is 0.726. The van der Waals surface area contributed by atoms with E-state index in [1.165, 1.54) is 12.1 Å². The Hall–Kier alpha value is -1.60. The molecule has 1 aromatic carbocycles. The molecule has 1 aromatic rings. The Balaban J connectivity index is 3.10. The van der Waals surface area contributed by atoms with E-state index in [2.05, 4.69) is 4.72 Å². The van der Waals surface area contributed by atoms with Crippen LogP contribution in [-0.2, 0) is 14.8 Å². The summed E-state index contributed by atoms with van der Waals surface area (Å²) < 4.78 is 26.7. The maximum Gasteiger partial charge on any atom is 0.322 e. The van der Waals surface area contributed by atoms with Crippen LogP contribution in [0.4, 0.5) is 5.69 Å². The number of nitrogens with one attached hydrogen (secondary N) is 1. The van der Waals surface area contributed by atoms with Gasteiger partial charge in [-0.05, 0) is 24.1 Å². The summed E-state index contributed by atoms with van der Waals surface area (Å²) in [6.45, 7) is 3.30. The van der Waals surface area contributed by atoms with Gasteiger partial charge < -0.3 is 10.0 Å². The van der Waals surface area contributed by atoms with E-state index in [1.807, 2.05) is 0 Å². The van der Waals surface area contributed by atoms with E-state index >= 15 is 0 Å². The summed E-state index contributed by atoms with van der Waals surface area (Å²) in [6.07, 6.45) is 0. The van der Waals surface area contributed by atoms with Crippen LogP contribution in [0.15, 0.2) is 29.2 Å². The molecule has 0 fully saturated rings. The zero-order chi connectivity index (χ0) is 15.5. The first kappa shape index (κ1) is 16.5. The third-order valence-electron chi connectivity index (χ3n) is 2.86. The van der Waals surface area contributed by atoms with Gasteiger partial charge in [0.05, 0.1) is 4.90 Å². The molecule has 0 aliphatic heterocycles. The molecule has 0 saturated carbocycles. The van der Waals surface area contributed by atoms with E-state index in [9.17, 15) is 13.2 Å². The van der Waals surface area contributed by atoms with Crippen molar-refractivity contribution in [3.63, 3.8) is 0 Å². The summed E-state index contributed by atoms with van der Waals surface area (Å²) >= 11 is 0. The standard InChI is InChI=1S/C13H20N2O4S/c1-9(2)12(13(16)17)14-20(18,19)11-7-5-6-10(8-11)15(3)4/h5-9,12,14H,1-4H3,(H,16,17). The molecule has 7 heteroatoms. The Morgan fingerprint density at radius 3 is 2.35 bits per heavy atom. The molecule has 0 amide bonds. The fraction of sp³-hybridized carbons (Fsp3) is 0.462. The van der Waals surface area contributed by atoms with Gasteiger partial charge in [-0.1, -0.05) is 19.9 Å². The largest absolute Gasteiger partial charge is 0.480 e. The fourth-order valence-corrected chi connectivity index (χ4v) is 3.01. The van der Waals surface area contributed by atoms with Gasteiger partial charge in [0.15, 0.2) is 0 Å². The molecule has 0 spiro atoms. The molecule has 0 heterocycles. The van der Waals surface area contributed by atoms with Crippen LogP contribution < -0.4 is 9.62 Å². The van der Waals surface area contributed by atoms with E-state index in [1.54, 1.807) is 45.0 Å². The number of carboxylic acid groups (broad SMARTS) is 1. The van der Waals surface area contributed by atoms with E-state index in [-0.39, 0.29) is 10.8 Å². The molecule has 1 unspecified atom stereocenters. The topological polar surface area (TPSA) is 86.7 Å². The van der Waals surface area contributed by atoms with Gasteiger partial charge in [0.25, 0.3) is 0 Å². The molecule has 0 saturated heterocycles. The molecule has 1 rings (SSSR count). The van der Waals surface area contributed by atoms with Crippen LogP contribution in [0.25, 0.3) is 0 Å². The number of carboxylic acids is 1. The van der Waals surface area contributed by atoms with Crippen molar-refractivity contribution in [1.82, 2.24) is 4.72 Å². The predicted octanol–water partition coefficient (Wildman–Crippen LogP) is 1.14. The monoisotopic (exact) mass is 300 g/mol. The number of carbonyl (C=O) groups is 1. The Labute approximate surface area is 119 Å². The Bertz CT molecular complexity index is 582. The zero-order valence-corrected chi connectivity index (χ0v) is 12.8. The molecule has 0 radical (unpaired) electrons. The van der Waals surface area contributed by atoms with Crippen molar-refractivity contribution in [1.29, 1.82) is 0 Å². The fourth-order valence-electron chi connectivity index (χ4n) is 1.64. The number of hydrogen-bond acceptors (Lipinski definition) is 4. The number of benzene rings is 1. The first-order chi connectivity index (χ1) is 9.15. The van der Waals surface area contributed by atoms with Crippen LogP contribution in [0.5, 0.6) is 0 Å². The highest BCUT2D eigenvalue weighted by molar-refractivity contribution is 7.89. The SMILES string of the molecule is CC(C)C(NS(=O)(=O)c1cccc(N(C)C)c1)C(=O)O. The molecule has 20 heavy (non-hydrogen) atoms. The molecule has 0 aromatic heterocycles. The Kier molecular flexibility index (Phi) is 5.13. The van der Waals surface area contributed by atoms with Gasteiger partial charge in [-0.3, -0.25) is 4.79 Å². The molecule has 0 aliphatic carbocycles. The van der Waals surface area contributed by atoms with Gasteiger partial charge >= 0.3 is 5.97 Å². The van der Waals surface area contributed by atoms with E-state index in [4.69, 9.17) is 5.11 Å². The lowest BCUT2D eigenvalue weighted by atomic mass is 10.1. The molecular formula is C13H20N2O4S. The van der Waals surface area contributed by atoms with Crippen molar-refractivity contribution in [2.24, 2.45) is 5.92 Å². The third kappa shape index (κ3) is 3.94. The Morgan fingerprint density at radius 2 is 1.90 bits per heavy atom. The maximum absolute atomic E-state index is 12.2. The van der Waals surface area contributed by atoms with Crippen molar-refractivity contribution in [3.8, 4) is 0 Å². The van der Waals surface area contributed by atoms with Crippen molar-refractivity contribution < 1.29 is 18.3 Å². The van der Waals surface area contributed by atoms with E-state index in [0.29, 0.717) is 0 Å². The summed E-state index contributed by atoms with van der Waals surface area (Å²) in [7, 11) is -0.265. The molecule has 0 bridgehead atoms. The molecular weight excluding hydrogens is 280 g/mol. The molecule has 0 aliphatic rings. The van der Waals surface area contributed by atoms with Crippen LogP contribution in [0, 0.1) is 5.92 Å². The second-order valence-corrected chi connectivity index (χ2v) is 6.79. The van der Waals surface area contributed by atoms with E-state index < -0.39 is 22.0 Å². The minimum absolute atomic E-state index is 0.0515. The van der Waals surface area contributed by atoms with Gasteiger partial charge in [0.2, 0.25) is 10.0 Å². The van der Waals surface area contributed by atoms with Gasteiger partial charge in [-0.15, -0.1) is 0 Å². The number of hydrogen-bond donors (Lipinski definition) is 2. The van der Waals surface area contributed by atoms with Crippen molar-refractivity contribution >= 4 is 21.7 Å². The average Bonchev–Trinajstić information content (AvgIpc) is 2.35. The minimum Gasteiger partial charge on any atom is -0.480 e. The lowest BCUT2D eigenvalue weighted by Gasteiger charge is -2.19. The smallest absolute Gasteiger partial charge is 0.322 e. The summed E-state index contributed by atoms with van der Waals surface area (Å²) in [5, 5.41) is 9.06. The van der Waals surface area contributed by atoms with Crippen LogP contribution in [-0.4, -0.2) is 39.6 Å².